The Hall–Kier alpha value is -2.29. The molecule has 0 aliphatic carbocycles. The van der Waals surface area contributed by atoms with Crippen LogP contribution in [-0.4, -0.2) is 5.91 Å². The zero-order valence-corrected chi connectivity index (χ0v) is 14.3. The van der Waals surface area contributed by atoms with Crippen LogP contribution < -0.4 is 5.32 Å². The first-order valence-corrected chi connectivity index (χ1v) is 8.26. The largest absolute Gasteiger partial charge is 0.326 e. The molecule has 0 aliphatic heterocycles. The van der Waals surface area contributed by atoms with Crippen LogP contribution in [-0.2, 0) is 11.2 Å². The van der Waals surface area contributed by atoms with Crippen LogP contribution in [0.5, 0.6) is 0 Å². The number of anilines is 1. The van der Waals surface area contributed by atoms with Crippen LogP contribution >= 0.6 is 23.2 Å². The summed E-state index contributed by atoms with van der Waals surface area (Å²) < 4.78 is 0. The van der Waals surface area contributed by atoms with E-state index in [0.29, 0.717) is 22.2 Å². The number of rotatable bonds is 4. The lowest BCUT2D eigenvalue weighted by Gasteiger charge is -2.07. The maximum Gasteiger partial charge on any atom is 0.228 e. The summed E-state index contributed by atoms with van der Waals surface area (Å²) in [5.74, 6) is -0.110. The molecule has 3 aromatic rings. The number of halogens is 2. The maximum atomic E-state index is 12.2. The third-order valence-corrected chi connectivity index (χ3v) is 4.01. The Kier molecular flexibility index (Phi) is 5.19. The smallest absolute Gasteiger partial charge is 0.228 e. The second-order valence-electron chi connectivity index (χ2n) is 5.45. The number of hydrogen-bond acceptors (Lipinski definition) is 1. The zero-order valence-electron chi connectivity index (χ0n) is 12.8. The van der Waals surface area contributed by atoms with Gasteiger partial charge in [0.2, 0.25) is 5.91 Å². The summed E-state index contributed by atoms with van der Waals surface area (Å²) in [5, 5.41) is 3.79. The van der Waals surface area contributed by atoms with Gasteiger partial charge in [-0.1, -0.05) is 77.8 Å². The second kappa shape index (κ2) is 7.52. The van der Waals surface area contributed by atoms with Crippen molar-refractivity contribution in [2.24, 2.45) is 0 Å². The first-order valence-electron chi connectivity index (χ1n) is 7.50. The number of nitrogens with one attached hydrogen (secondary N) is 1. The van der Waals surface area contributed by atoms with Gasteiger partial charge >= 0.3 is 0 Å². The van der Waals surface area contributed by atoms with Gasteiger partial charge in [0.1, 0.15) is 0 Å². The molecule has 3 rings (SSSR count). The molecule has 0 aliphatic rings. The number of benzene rings is 3. The van der Waals surface area contributed by atoms with Crippen LogP contribution in [0.3, 0.4) is 0 Å². The van der Waals surface area contributed by atoms with E-state index in [1.165, 1.54) is 0 Å². The van der Waals surface area contributed by atoms with Crippen molar-refractivity contribution in [2.45, 2.75) is 6.42 Å². The molecular formula is C20H15Cl2NO. The molecule has 1 amide bonds. The minimum absolute atomic E-state index is 0.110. The second-order valence-corrected chi connectivity index (χ2v) is 6.32. The molecule has 0 aromatic heterocycles. The fraction of sp³-hybridized carbons (Fsp3) is 0.0500. The van der Waals surface area contributed by atoms with Crippen LogP contribution in [0.25, 0.3) is 11.1 Å². The highest BCUT2D eigenvalue weighted by Crippen LogP contribution is 2.23. The SMILES string of the molecule is O=C(Cc1ccc(-c2ccccc2)cc1)Nc1cc(Cl)cc(Cl)c1. The highest BCUT2D eigenvalue weighted by atomic mass is 35.5. The Morgan fingerprint density at radius 2 is 1.38 bits per heavy atom. The molecule has 1 N–H and O–H groups in total. The highest BCUT2D eigenvalue weighted by molar-refractivity contribution is 6.35. The molecule has 2 nitrogen and oxygen atoms in total. The molecule has 0 atom stereocenters. The van der Waals surface area contributed by atoms with Crippen LogP contribution in [0.4, 0.5) is 5.69 Å². The molecule has 120 valence electrons. The van der Waals surface area contributed by atoms with Crippen molar-refractivity contribution in [3.8, 4) is 11.1 Å². The molecule has 24 heavy (non-hydrogen) atoms. The number of amides is 1. The molecule has 3 aromatic carbocycles. The first-order chi connectivity index (χ1) is 11.6. The van der Waals surface area contributed by atoms with Gasteiger partial charge in [-0.25, -0.2) is 0 Å². The van der Waals surface area contributed by atoms with E-state index in [4.69, 9.17) is 23.2 Å². The molecule has 0 unspecified atom stereocenters. The van der Waals surface area contributed by atoms with Crippen LogP contribution in [0.2, 0.25) is 10.0 Å². The minimum atomic E-state index is -0.110. The van der Waals surface area contributed by atoms with Crippen molar-refractivity contribution in [1.82, 2.24) is 0 Å². The topological polar surface area (TPSA) is 29.1 Å². The normalized spacial score (nSPS) is 10.4. The summed E-state index contributed by atoms with van der Waals surface area (Å²) in [7, 11) is 0. The van der Waals surface area contributed by atoms with Crippen molar-refractivity contribution >= 4 is 34.8 Å². The van der Waals surface area contributed by atoms with Crippen molar-refractivity contribution in [3.05, 3.63) is 88.4 Å². The Labute approximate surface area is 151 Å². The van der Waals surface area contributed by atoms with Crippen molar-refractivity contribution in [2.75, 3.05) is 5.32 Å². The van der Waals surface area contributed by atoms with Crippen LogP contribution in [0.15, 0.2) is 72.8 Å². The number of hydrogen-bond donors (Lipinski definition) is 1. The van der Waals surface area contributed by atoms with E-state index in [1.54, 1.807) is 18.2 Å². The van der Waals surface area contributed by atoms with Crippen molar-refractivity contribution in [3.63, 3.8) is 0 Å². The van der Waals surface area contributed by atoms with E-state index in [2.05, 4.69) is 17.4 Å². The lowest BCUT2D eigenvalue weighted by Crippen LogP contribution is -2.14. The highest BCUT2D eigenvalue weighted by Gasteiger charge is 2.06. The predicted molar refractivity (Wildman–Crippen MR) is 101 cm³/mol. The van der Waals surface area contributed by atoms with Gasteiger partial charge in [0.25, 0.3) is 0 Å². The van der Waals surface area contributed by atoms with Gasteiger partial charge in [0.15, 0.2) is 0 Å². The molecule has 0 saturated carbocycles. The first kappa shape index (κ1) is 16.6. The molecule has 0 fully saturated rings. The Bertz CT molecular complexity index is 825. The Morgan fingerprint density at radius 3 is 2.00 bits per heavy atom. The summed E-state index contributed by atoms with van der Waals surface area (Å²) in [6.45, 7) is 0. The van der Waals surface area contributed by atoms with E-state index in [1.807, 2.05) is 42.5 Å². The van der Waals surface area contributed by atoms with E-state index >= 15 is 0 Å². The fourth-order valence-corrected chi connectivity index (χ4v) is 2.99. The third kappa shape index (κ3) is 4.38. The van der Waals surface area contributed by atoms with E-state index in [-0.39, 0.29) is 5.91 Å². The molecular weight excluding hydrogens is 341 g/mol. The monoisotopic (exact) mass is 355 g/mol. The summed E-state index contributed by atoms with van der Waals surface area (Å²) in [6.07, 6.45) is 0.291. The quantitative estimate of drug-likeness (QED) is 0.625. The van der Waals surface area contributed by atoms with E-state index in [0.717, 1.165) is 16.7 Å². The molecule has 0 spiro atoms. The van der Waals surface area contributed by atoms with Gasteiger partial charge in [0.05, 0.1) is 6.42 Å². The van der Waals surface area contributed by atoms with Crippen molar-refractivity contribution in [1.29, 1.82) is 0 Å². The lowest BCUT2D eigenvalue weighted by molar-refractivity contribution is -0.115. The predicted octanol–water partition coefficient (Wildman–Crippen LogP) is 5.84. The summed E-state index contributed by atoms with van der Waals surface area (Å²) in [5.41, 5.74) is 3.82. The number of carbonyl (C=O) groups is 1. The van der Waals surface area contributed by atoms with Gasteiger partial charge in [-0.3, -0.25) is 4.79 Å². The Morgan fingerprint density at radius 1 is 0.792 bits per heavy atom. The van der Waals surface area contributed by atoms with Crippen molar-refractivity contribution < 1.29 is 4.79 Å². The standard InChI is InChI=1S/C20H15Cl2NO/c21-17-11-18(22)13-19(12-17)23-20(24)10-14-6-8-16(9-7-14)15-4-2-1-3-5-15/h1-9,11-13H,10H2,(H,23,24). The third-order valence-electron chi connectivity index (χ3n) is 3.57. The molecule has 0 saturated heterocycles. The molecule has 4 heteroatoms. The van der Waals surface area contributed by atoms with Gasteiger partial charge in [-0.2, -0.15) is 0 Å². The summed E-state index contributed by atoms with van der Waals surface area (Å²) in [4.78, 5) is 12.2. The summed E-state index contributed by atoms with van der Waals surface area (Å²) >= 11 is 11.9. The average Bonchev–Trinajstić information content (AvgIpc) is 2.55. The van der Waals surface area contributed by atoms with Gasteiger partial charge in [0, 0.05) is 15.7 Å². The molecule has 0 heterocycles. The van der Waals surface area contributed by atoms with Crippen LogP contribution in [0, 0.1) is 0 Å². The average molecular weight is 356 g/mol. The zero-order chi connectivity index (χ0) is 16.9. The summed E-state index contributed by atoms with van der Waals surface area (Å²) in [6, 6.07) is 23.1. The molecule has 0 bridgehead atoms. The lowest BCUT2D eigenvalue weighted by atomic mass is 10.0. The number of carbonyl (C=O) groups excluding carboxylic acids is 1. The van der Waals surface area contributed by atoms with Gasteiger partial charge in [-0.05, 0) is 34.9 Å². The van der Waals surface area contributed by atoms with E-state index < -0.39 is 0 Å². The van der Waals surface area contributed by atoms with E-state index in [9.17, 15) is 4.79 Å². The van der Waals surface area contributed by atoms with Gasteiger partial charge < -0.3 is 5.32 Å². The fourth-order valence-electron chi connectivity index (χ4n) is 2.46. The minimum Gasteiger partial charge on any atom is -0.326 e. The van der Waals surface area contributed by atoms with Gasteiger partial charge in [-0.15, -0.1) is 0 Å². The van der Waals surface area contributed by atoms with Crippen LogP contribution in [0.1, 0.15) is 5.56 Å². The Balaban J connectivity index is 1.66. The maximum absolute atomic E-state index is 12.2. The molecule has 0 radical (unpaired) electrons.